The number of aromatic carboxylic acids is 1. The van der Waals surface area contributed by atoms with E-state index in [0.29, 0.717) is 70.3 Å². The van der Waals surface area contributed by atoms with Crippen LogP contribution in [-0.2, 0) is 43.3 Å². The van der Waals surface area contributed by atoms with E-state index in [0.717, 1.165) is 54.0 Å². The van der Waals surface area contributed by atoms with Gasteiger partial charge in [0.2, 0.25) is 0 Å². The van der Waals surface area contributed by atoms with Gasteiger partial charge in [-0.05, 0) is 61.1 Å². The minimum Gasteiger partial charge on any atom is -0.497 e. The zero-order valence-electron chi connectivity index (χ0n) is 41.4. The van der Waals surface area contributed by atoms with E-state index in [1.54, 1.807) is 51.3 Å². The van der Waals surface area contributed by atoms with Crippen molar-refractivity contribution in [1.82, 2.24) is 59.4 Å². The lowest BCUT2D eigenvalue weighted by atomic mass is 10.2. The number of carboxylic acids is 1. The van der Waals surface area contributed by atoms with Gasteiger partial charge in [0.1, 0.15) is 18.1 Å². The molecule has 2 aliphatic carbocycles. The van der Waals surface area contributed by atoms with Crippen molar-refractivity contribution >= 4 is 75.7 Å². The first-order chi connectivity index (χ1) is 35.6. The summed E-state index contributed by atoms with van der Waals surface area (Å²) in [5.74, 6) is 0.366. The van der Waals surface area contributed by atoms with E-state index in [1.807, 2.05) is 72.4 Å². The lowest BCUT2D eigenvalue weighted by Crippen LogP contribution is -2.27. The number of rotatable bonds is 18. The Hall–Kier alpha value is -8.93. The summed E-state index contributed by atoms with van der Waals surface area (Å²) in [5, 5.41) is 35.6. The number of nitrogens with zero attached hydrogens (tertiary/aromatic N) is 12. The third-order valence-electron chi connectivity index (χ3n) is 11.9. The van der Waals surface area contributed by atoms with Crippen LogP contribution in [0, 0.1) is 0 Å². The number of hydrogen-bond donors (Lipinski definition) is 5. The molecular formula is C49H55ClN16O8. The second-order valence-corrected chi connectivity index (χ2v) is 17.9. The molecule has 6 heterocycles. The number of ether oxygens (including phenoxy) is 3. The number of fused-ring (bicyclic) bond motifs is 2. The van der Waals surface area contributed by atoms with Crippen LogP contribution >= 0.6 is 11.6 Å². The Morgan fingerprint density at radius 2 is 1.26 bits per heavy atom. The first-order valence-corrected chi connectivity index (χ1v) is 23.6. The molecule has 2 saturated carbocycles. The standard InChI is InChI=1S/C24H26N8O4.C19H20ClN5O2.C6H9N3O2/c1-30(13-14-4-8-16(36-3)9-5-14)18-10-20(28-17-11-26-31(2)21(17)24(34)35)29-32-19(12-25-22(18)32)23(33)27-15-6-7-15;1-24(11-12-3-7-14(27-2)8-4-12)15-9-17(20)23-25-16(10-21-18(15)25)19(26)22-13-5-6-13;1-9-6(3-11-4-10)5(7)2-8-9/h4-5,8-12,15H,6-7,13H2,1-3H3,(H,27,33)(H,28,29)(H,34,35);3-4,7-10,13H,5-6,11H2,1-2H3,(H,22,26);2,4H,3,7H2,1H3. The van der Waals surface area contributed by atoms with Crippen LogP contribution in [0.3, 0.4) is 0 Å². The van der Waals surface area contributed by atoms with E-state index in [9.17, 15) is 24.3 Å². The maximum atomic E-state index is 12.9. The Morgan fingerprint density at radius 3 is 1.72 bits per heavy atom. The predicted molar refractivity (Wildman–Crippen MR) is 274 cm³/mol. The first kappa shape index (κ1) is 51.4. The molecule has 0 atom stereocenters. The monoisotopic (exact) mass is 1030 g/mol. The Bertz CT molecular complexity index is 3270. The number of carbonyl (C=O) groups is 4. The van der Waals surface area contributed by atoms with Gasteiger partial charge in [0.15, 0.2) is 39.3 Å². The largest absolute Gasteiger partial charge is 0.497 e. The molecule has 2 aromatic carbocycles. The fourth-order valence-corrected chi connectivity index (χ4v) is 7.83. The molecule has 0 bridgehead atoms. The molecular weight excluding hydrogens is 976 g/mol. The third-order valence-corrected chi connectivity index (χ3v) is 12.1. The molecule has 25 heteroatoms. The van der Waals surface area contributed by atoms with Crippen molar-refractivity contribution in [3.63, 3.8) is 0 Å². The van der Waals surface area contributed by atoms with Gasteiger partial charge in [0.25, 0.3) is 18.3 Å². The van der Waals surface area contributed by atoms with Crippen LogP contribution in [0.5, 0.6) is 11.5 Å². The highest BCUT2D eigenvalue weighted by Gasteiger charge is 2.28. The Balaban J connectivity index is 0.000000168. The Labute approximate surface area is 429 Å². The van der Waals surface area contributed by atoms with E-state index in [-0.39, 0.29) is 41.9 Å². The predicted octanol–water partition coefficient (Wildman–Crippen LogP) is 5.04. The SMILES string of the molecule is COc1ccc(CN(C)c2cc(Cl)nn3c(C(=O)NC4CC4)cnc23)cc1.COc1ccc(CN(C)c2cc(Nc3cnn(C)c3C(=O)O)nn3c(C(=O)NC4CC4)cnc23)cc1.Cn1ncc(N)c1COC=O. The average Bonchev–Trinajstić information content (AvgIpc) is 4.22. The van der Waals surface area contributed by atoms with Crippen LogP contribution < -0.4 is 41.0 Å². The summed E-state index contributed by atoms with van der Waals surface area (Å²) in [7, 11) is 10.4. The summed E-state index contributed by atoms with van der Waals surface area (Å²) in [6, 6.07) is 19.6. The fraction of sp³-hybridized carbons (Fsp3) is 0.306. The summed E-state index contributed by atoms with van der Waals surface area (Å²) in [5.41, 5.74) is 12.5. The van der Waals surface area contributed by atoms with E-state index in [2.05, 4.69) is 51.0 Å². The molecule has 0 saturated heterocycles. The minimum absolute atomic E-state index is 0.0117. The number of nitrogens with two attached hydrogens (primary N) is 1. The third kappa shape index (κ3) is 12.2. The number of aryl methyl sites for hydroxylation is 2. The smallest absolute Gasteiger partial charge is 0.356 e. The second-order valence-electron chi connectivity index (χ2n) is 17.5. The van der Waals surface area contributed by atoms with Gasteiger partial charge < -0.3 is 50.8 Å². The van der Waals surface area contributed by atoms with Crippen molar-refractivity contribution in [1.29, 1.82) is 0 Å². The molecule has 10 rings (SSSR count). The van der Waals surface area contributed by atoms with Crippen molar-refractivity contribution in [3.05, 3.63) is 125 Å². The quantitative estimate of drug-likeness (QED) is 0.0704. The Kier molecular flexibility index (Phi) is 15.7. The molecule has 6 N–H and O–H groups in total. The van der Waals surface area contributed by atoms with E-state index in [1.165, 1.54) is 32.3 Å². The molecule has 8 aromatic rings. The van der Waals surface area contributed by atoms with Gasteiger partial charge in [-0.1, -0.05) is 35.9 Å². The topological polar surface area (TPSA) is 281 Å². The summed E-state index contributed by atoms with van der Waals surface area (Å²) in [4.78, 5) is 59.8. The molecule has 0 unspecified atom stereocenters. The highest BCUT2D eigenvalue weighted by Crippen LogP contribution is 2.30. The number of nitrogen functional groups attached to an aromatic ring is 1. The number of nitrogens with one attached hydrogen (secondary N) is 3. The van der Waals surface area contributed by atoms with Crippen molar-refractivity contribution < 1.29 is 38.5 Å². The highest BCUT2D eigenvalue weighted by molar-refractivity contribution is 6.29. The summed E-state index contributed by atoms with van der Waals surface area (Å²) >= 11 is 6.23. The molecule has 0 spiro atoms. The molecule has 2 amide bonds. The second kappa shape index (κ2) is 22.7. The summed E-state index contributed by atoms with van der Waals surface area (Å²) < 4.78 is 20.8. The number of benzene rings is 2. The maximum Gasteiger partial charge on any atom is 0.356 e. The molecule has 386 valence electrons. The molecule has 2 aliphatic rings. The number of halogens is 1. The van der Waals surface area contributed by atoms with Gasteiger partial charge in [0, 0.05) is 65.5 Å². The van der Waals surface area contributed by atoms with Crippen LogP contribution in [-0.4, -0.2) is 119 Å². The number of amides is 2. The van der Waals surface area contributed by atoms with Crippen LogP contribution in [0.1, 0.15) is 74.0 Å². The van der Waals surface area contributed by atoms with Crippen LogP contribution in [0.2, 0.25) is 5.15 Å². The zero-order valence-corrected chi connectivity index (χ0v) is 42.1. The van der Waals surface area contributed by atoms with Gasteiger partial charge in [0.05, 0.1) is 67.5 Å². The molecule has 74 heavy (non-hydrogen) atoms. The summed E-state index contributed by atoms with van der Waals surface area (Å²) in [6.45, 7) is 1.75. The zero-order chi connectivity index (χ0) is 52.6. The number of carbonyl (C=O) groups excluding carboxylic acids is 3. The van der Waals surface area contributed by atoms with E-state index >= 15 is 0 Å². The number of carboxylic acid groups (broad SMARTS) is 1. The average molecular weight is 1030 g/mol. The number of anilines is 5. The van der Waals surface area contributed by atoms with Gasteiger partial charge in [-0.25, -0.2) is 23.8 Å². The normalized spacial score (nSPS) is 12.7. The Morgan fingerprint density at radius 1 is 0.757 bits per heavy atom. The number of hydrogen-bond acceptors (Lipinski definition) is 17. The number of imidazole rings is 2. The molecule has 24 nitrogen and oxygen atoms in total. The van der Waals surface area contributed by atoms with Crippen LogP contribution in [0.25, 0.3) is 11.3 Å². The molecule has 0 aliphatic heterocycles. The van der Waals surface area contributed by atoms with Crippen molar-refractivity contribution in [2.45, 2.75) is 57.5 Å². The van der Waals surface area contributed by atoms with Crippen LogP contribution in [0.15, 0.2) is 85.5 Å². The molecule has 0 radical (unpaired) electrons. The van der Waals surface area contributed by atoms with Crippen molar-refractivity contribution in [2.24, 2.45) is 14.1 Å². The van der Waals surface area contributed by atoms with E-state index in [4.69, 9.17) is 26.8 Å². The highest BCUT2D eigenvalue weighted by atomic mass is 35.5. The van der Waals surface area contributed by atoms with Gasteiger partial charge in [-0.15, -0.1) is 5.10 Å². The summed E-state index contributed by atoms with van der Waals surface area (Å²) in [6.07, 6.45) is 9.94. The molecule has 2 fully saturated rings. The lowest BCUT2D eigenvalue weighted by Gasteiger charge is -2.21. The maximum absolute atomic E-state index is 12.9. The first-order valence-electron chi connectivity index (χ1n) is 23.2. The van der Waals surface area contributed by atoms with Gasteiger partial charge >= 0.3 is 5.97 Å². The minimum atomic E-state index is -1.12. The number of aromatic nitrogens is 10. The van der Waals surface area contributed by atoms with Gasteiger partial charge in [-0.3, -0.25) is 23.7 Å². The fourth-order valence-electron chi connectivity index (χ4n) is 7.65. The van der Waals surface area contributed by atoms with Crippen LogP contribution in [0.4, 0.5) is 28.6 Å². The van der Waals surface area contributed by atoms with Crippen molar-refractivity contribution in [2.75, 3.05) is 49.2 Å². The lowest BCUT2D eigenvalue weighted by molar-refractivity contribution is -0.129. The number of methoxy groups -OCH3 is 2. The van der Waals surface area contributed by atoms with Gasteiger partial charge in [-0.2, -0.15) is 15.3 Å². The van der Waals surface area contributed by atoms with E-state index < -0.39 is 5.97 Å². The van der Waals surface area contributed by atoms with Crippen molar-refractivity contribution in [3.8, 4) is 11.5 Å². The molecule has 6 aromatic heterocycles.